The lowest BCUT2D eigenvalue weighted by atomic mass is 10.1. The van der Waals surface area contributed by atoms with E-state index in [9.17, 15) is 19.5 Å². The molecule has 0 saturated heterocycles. The minimum absolute atomic E-state index is 0.0371. The predicted molar refractivity (Wildman–Crippen MR) is 227 cm³/mol. The predicted octanol–water partition coefficient (Wildman–Crippen LogP) is 11.1. The molecular formula is C47H87NO7. The number of hydrogen-bond donors (Lipinski definition) is 0. The second-order valence-corrected chi connectivity index (χ2v) is 16.6. The Morgan fingerprint density at radius 1 is 0.527 bits per heavy atom. The number of ether oxygens (including phenoxy) is 3. The van der Waals surface area contributed by atoms with Crippen molar-refractivity contribution in [3.8, 4) is 0 Å². The van der Waals surface area contributed by atoms with Gasteiger partial charge in [-0.2, -0.15) is 0 Å². The van der Waals surface area contributed by atoms with Crippen molar-refractivity contribution in [2.24, 2.45) is 0 Å². The van der Waals surface area contributed by atoms with E-state index in [1.807, 2.05) is 0 Å². The highest BCUT2D eigenvalue weighted by Gasteiger charge is 2.25. The number of carboxylic acid groups (broad SMARTS) is 1. The molecule has 2 unspecified atom stereocenters. The third kappa shape index (κ3) is 37.2. The molecule has 55 heavy (non-hydrogen) atoms. The maximum absolute atomic E-state index is 12.6. The van der Waals surface area contributed by atoms with Crippen LogP contribution in [0.15, 0.2) is 24.3 Å². The summed E-state index contributed by atoms with van der Waals surface area (Å²) in [4.78, 5) is 36.8. The maximum atomic E-state index is 12.6. The molecule has 0 amide bonds. The summed E-state index contributed by atoms with van der Waals surface area (Å²) in [6, 6.07) is -0.725. The summed E-state index contributed by atoms with van der Waals surface area (Å²) in [6.45, 7) is 4.61. The SMILES string of the molecule is CCCC/C=C/CCCCCCC(=O)OC(COCCC(C(=O)[O-])[N+](C)(C)C)COC(=O)CCCCCCCCC/C=C/CCCCCCCCCCCC. The van der Waals surface area contributed by atoms with Crippen LogP contribution in [0.4, 0.5) is 0 Å². The fourth-order valence-corrected chi connectivity index (χ4v) is 6.69. The van der Waals surface area contributed by atoms with Crippen LogP contribution in [0.1, 0.15) is 206 Å². The van der Waals surface area contributed by atoms with Crippen molar-refractivity contribution in [2.45, 2.75) is 219 Å². The van der Waals surface area contributed by atoms with E-state index in [4.69, 9.17) is 14.2 Å². The molecule has 0 spiro atoms. The highest BCUT2D eigenvalue weighted by Crippen LogP contribution is 2.14. The van der Waals surface area contributed by atoms with E-state index in [0.29, 0.717) is 12.8 Å². The number of quaternary nitrogens is 1. The van der Waals surface area contributed by atoms with Crippen LogP contribution >= 0.6 is 0 Å². The summed E-state index contributed by atoms with van der Waals surface area (Å²) >= 11 is 0. The number of carbonyl (C=O) groups is 3. The van der Waals surface area contributed by atoms with E-state index < -0.39 is 18.1 Å². The zero-order valence-electron chi connectivity index (χ0n) is 36.6. The average Bonchev–Trinajstić information content (AvgIpc) is 3.14. The van der Waals surface area contributed by atoms with E-state index in [-0.39, 0.29) is 42.7 Å². The molecule has 0 aliphatic rings. The Kier molecular flexibility index (Phi) is 37.1. The summed E-state index contributed by atoms with van der Waals surface area (Å²) < 4.78 is 17.1. The molecule has 322 valence electrons. The number of allylic oxidation sites excluding steroid dienone is 4. The van der Waals surface area contributed by atoms with Crippen LogP contribution in [0.3, 0.4) is 0 Å². The number of carbonyl (C=O) groups excluding carboxylic acids is 3. The van der Waals surface area contributed by atoms with E-state index in [1.54, 1.807) is 21.1 Å². The van der Waals surface area contributed by atoms with Gasteiger partial charge >= 0.3 is 11.9 Å². The first-order chi connectivity index (χ1) is 26.6. The number of carboxylic acids is 1. The molecule has 8 nitrogen and oxygen atoms in total. The molecule has 0 fully saturated rings. The largest absolute Gasteiger partial charge is 0.544 e. The molecule has 0 saturated carbocycles. The van der Waals surface area contributed by atoms with Gasteiger partial charge in [-0.05, 0) is 57.8 Å². The molecule has 0 N–H and O–H groups in total. The molecule has 0 aliphatic carbocycles. The van der Waals surface area contributed by atoms with E-state index in [2.05, 4.69) is 38.2 Å². The normalized spacial score (nSPS) is 13.1. The Hall–Kier alpha value is -2.19. The third-order valence-corrected chi connectivity index (χ3v) is 10.3. The van der Waals surface area contributed by atoms with Crippen LogP contribution < -0.4 is 5.11 Å². The Morgan fingerprint density at radius 3 is 1.36 bits per heavy atom. The molecular weight excluding hydrogens is 691 g/mol. The molecule has 0 rings (SSSR count). The monoisotopic (exact) mass is 778 g/mol. The zero-order chi connectivity index (χ0) is 40.7. The minimum Gasteiger partial charge on any atom is -0.544 e. The number of esters is 2. The van der Waals surface area contributed by atoms with Crippen molar-refractivity contribution in [1.82, 2.24) is 0 Å². The molecule has 0 heterocycles. The van der Waals surface area contributed by atoms with Crippen molar-refractivity contribution in [2.75, 3.05) is 41.0 Å². The quantitative estimate of drug-likeness (QED) is 0.0264. The van der Waals surface area contributed by atoms with Crippen LogP contribution in [0.25, 0.3) is 0 Å². The Morgan fingerprint density at radius 2 is 0.927 bits per heavy atom. The smallest absolute Gasteiger partial charge is 0.306 e. The van der Waals surface area contributed by atoms with Crippen LogP contribution in [-0.2, 0) is 28.6 Å². The third-order valence-electron chi connectivity index (χ3n) is 10.3. The first kappa shape index (κ1) is 52.8. The van der Waals surface area contributed by atoms with Crippen LogP contribution in [0.2, 0.25) is 0 Å². The molecule has 0 radical (unpaired) electrons. The fourth-order valence-electron chi connectivity index (χ4n) is 6.69. The zero-order valence-corrected chi connectivity index (χ0v) is 36.6. The highest BCUT2D eigenvalue weighted by atomic mass is 16.6. The fraction of sp³-hybridized carbons (Fsp3) is 0.851. The van der Waals surface area contributed by atoms with Gasteiger partial charge in [-0.3, -0.25) is 9.59 Å². The van der Waals surface area contributed by atoms with Gasteiger partial charge in [0.05, 0.1) is 40.3 Å². The number of likely N-dealkylation sites (N-methyl/N-ethyl adjacent to an activating group) is 1. The summed E-state index contributed by atoms with van der Waals surface area (Å²) in [7, 11) is 5.40. The second-order valence-electron chi connectivity index (χ2n) is 16.6. The molecule has 0 aromatic carbocycles. The van der Waals surface area contributed by atoms with Crippen LogP contribution in [0, 0.1) is 0 Å². The van der Waals surface area contributed by atoms with Crippen LogP contribution in [0.5, 0.6) is 0 Å². The Bertz CT molecular complexity index is 957. The Balaban J connectivity index is 4.21. The van der Waals surface area contributed by atoms with Gasteiger partial charge in [0.2, 0.25) is 0 Å². The van der Waals surface area contributed by atoms with Gasteiger partial charge in [-0.15, -0.1) is 0 Å². The van der Waals surface area contributed by atoms with Gasteiger partial charge < -0.3 is 28.6 Å². The topological polar surface area (TPSA) is 102 Å². The standard InChI is InChI=1S/C47H87NO7/c1-6-8-10-12-14-16-18-19-20-21-22-23-24-25-26-27-28-30-31-33-35-37-45(49)54-42-43(41-53-40-39-44(47(51)52)48(3,4)5)55-46(50)38-36-34-32-29-17-15-13-11-9-7-2/h13,15,23-24,43-44H,6-12,14,16-22,25-42H2,1-5H3/b15-13+,24-23+. The summed E-state index contributed by atoms with van der Waals surface area (Å²) in [5.41, 5.74) is 0. The second kappa shape index (κ2) is 38.7. The average molecular weight is 778 g/mol. The number of rotatable bonds is 41. The van der Waals surface area contributed by atoms with Gasteiger partial charge in [0.25, 0.3) is 0 Å². The molecule has 0 aromatic heterocycles. The van der Waals surface area contributed by atoms with Gasteiger partial charge in [-0.1, -0.05) is 154 Å². The van der Waals surface area contributed by atoms with E-state index in [1.165, 1.54) is 116 Å². The molecule has 2 atom stereocenters. The minimum atomic E-state index is -1.13. The van der Waals surface area contributed by atoms with Crippen molar-refractivity contribution in [3.63, 3.8) is 0 Å². The van der Waals surface area contributed by atoms with Crippen molar-refractivity contribution >= 4 is 17.9 Å². The lowest BCUT2D eigenvalue weighted by Gasteiger charge is -2.34. The molecule has 0 aromatic rings. The molecule has 0 aliphatic heterocycles. The molecule has 8 heteroatoms. The van der Waals surface area contributed by atoms with Gasteiger partial charge in [0, 0.05) is 19.3 Å². The van der Waals surface area contributed by atoms with Crippen molar-refractivity contribution in [3.05, 3.63) is 24.3 Å². The molecule has 0 bridgehead atoms. The van der Waals surface area contributed by atoms with Crippen LogP contribution in [-0.4, -0.2) is 75.5 Å². The lowest BCUT2D eigenvalue weighted by molar-refractivity contribution is -0.889. The van der Waals surface area contributed by atoms with Gasteiger partial charge in [-0.25, -0.2) is 0 Å². The first-order valence-corrected chi connectivity index (χ1v) is 22.9. The summed E-state index contributed by atoms with van der Waals surface area (Å²) in [5.74, 6) is -1.75. The Labute approximate surface area is 339 Å². The van der Waals surface area contributed by atoms with E-state index in [0.717, 1.165) is 57.8 Å². The maximum Gasteiger partial charge on any atom is 0.306 e. The summed E-state index contributed by atoms with van der Waals surface area (Å²) in [6.07, 6.45) is 42.1. The highest BCUT2D eigenvalue weighted by molar-refractivity contribution is 5.70. The van der Waals surface area contributed by atoms with Crippen molar-refractivity contribution < 1.29 is 38.2 Å². The first-order valence-electron chi connectivity index (χ1n) is 22.9. The lowest BCUT2D eigenvalue weighted by Crippen LogP contribution is -2.55. The van der Waals surface area contributed by atoms with Gasteiger partial charge in [0.15, 0.2) is 6.10 Å². The van der Waals surface area contributed by atoms with E-state index >= 15 is 0 Å². The number of aliphatic carboxylic acids is 1. The number of hydrogen-bond acceptors (Lipinski definition) is 7. The number of nitrogens with zero attached hydrogens (tertiary/aromatic N) is 1. The van der Waals surface area contributed by atoms with Crippen molar-refractivity contribution in [1.29, 1.82) is 0 Å². The number of unbranched alkanes of at least 4 members (excludes halogenated alkanes) is 23. The van der Waals surface area contributed by atoms with Gasteiger partial charge in [0.1, 0.15) is 12.6 Å². The summed E-state index contributed by atoms with van der Waals surface area (Å²) in [5, 5.41) is 11.6.